The van der Waals surface area contributed by atoms with Gasteiger partial charge < -0.3 is 4.52 Å². The van der Waals surface area contributed by atoms with E-state index >= 15 is 0 Å². The molecule has 5 rings (SSSR count). The summed E-state index contributed by atoms with van der Waals surface area (Å²) in [6, 6.07) is 2.19. The average Bonchev–Trinajstić information content (AvgIpc) is 3.33. The number of nitrogens with zero attached hydrogens (tertiary/aromatic N) is 1. The van der Waals surface area contributed by atoms with Gasteiger partial charge in [-0.15, -0.1) is 0 Å². The highest BCUT2D eigenvalue weighted by atomic mass is 16.5. The van der Waals surface area contributed by atoms with Crippen LogP contribution in [0.3, 0.4) is 0 Å². The van der Waals surface area contributed by atoms with Crippen molar-refractivity contribution in [2.75, 3.05) is 0 Å². The van der Waals surface area contributed by atoms with E-state index in [2.05, 4.69) is 64.1 Å². The lowest BCUT2D eigenvalue weighted by Gasteiger charge is -2.55. The number of hydrogen-bond acceptors (Lipinski definition) is 3. The quantitative estimate of drug-likeness (QED) is 0.569. The molecule has 0 N–H and O–H groups in total. The first kappa shape index (κ1) is 20.0. The van der Waals surface area contributed by atoms with Crippen molar-refractivity contribution in [2.24, 2.45) is 34.5 Å². The van der Waals surface area contributed by atoms with E-state index in [-0.39, 0.29) is 11.2 Å². The van der Waals surface area contributed by atoms with E-state index in [1.165, 1.54) is 31.3 Å². The van der Waals surface area contributed by atoms with Gasteiger partial charge in [-0.3, -0.25) is 4.79 Å². The highest BCUT2D eigenvalue weighted by Gasteiger charge is 2.58. The average molecular weight is 406 g/mol. The molecule has 0 amide bonds. The predicted octanol–water partition coefficient (Wildman–Crippen LogP) is 6.60. The van der Waals surface area contributed by atoms with Crippen molar-refractivity contribution in [1.29, 1.82) is 0 Å². The fraction of sp³-hybridized carbons (Fsp3) is 0.630. The van der Waals surface area contributed by atoms with Crippen LogP contribution in [0.25, 0.3) is 0 Å². The first-order valence-electron chi connectivity index (χ1n) is 11.8. The molecule has 1 aromatic rings. The van der Waals surface area contributed by atoms with Gasteiger partial charge in [0, 0.05) is 17.4 Å². The zero-order chi connectivity index (χ0) is 21.3. The lowest BCUT2D eigenvalue weighted by molar-refractivity contribution is -0.110. The van der Waals surface area contributed by atoms with Crippen molar-refractivity contribution in [3.8, 4) is 0 Å². The first-order chi connectivity index (χ1) is 14.2. The van der Waals surface area contributed by atoms with Crippen LogP contribution in [0.4, 0.5) is 0 Å². The summed E-state index contributed by atoms with van der Waals surface area (Å²) in [7, 11) is 0. The summed E-state index contributed by atoms with van der Waals surface area (Å²) in [5.74, 6) is 4.55. The number of fused-ring (bicyclic) bond motifs is 5. The minimum Gasteiger partial charge on any atom is -0.361 e. The smallest absolute Gasteiger partial charge is 0.178 e. The molecule has 4 aliphatic carbocycles. The summed E-state index contributed by atoms with van der Waals surface area (Å²) in [6.45, 7) is 11.6. The van der Waals surface area contributed by atoms with Crippen LogP contribution < -0.4 is 0 Å². The molecular formula is C27H35NO2. The highest BCUT2D eigenvalue weighted by Crippen LogP contribution is 2.66. The topological polar surface area (TPSA) is 43.1 Å². The molecule has 0 aliphatic heterocycles. The Morgan fingerprint density at radius 1 is 1.10 bits per heavy atom. The summed E-state index contributed by atoms with van der Waals surface area (Å²) in [6.07, 6.45) is 15.6. The fourth-order valence-corrected chi connectivity index (χ4v) is 7.50. The Bertz CT molecular complexity index is 950. The molecule has 0 bridgehead atoms. The summed E-state index contributed by atoms with van der Waals surface area (Å²) < 4.78 is 5.82. The minimum absolute atomic E-state index is 0.00938. The van der Waals surface area contributed by atoms with Gasteiger partial charge >= 0.3 is 0 Å². The monoisotopic (exact) mass is 405 g/mol. The molecule has 3 heteroatoms. The van der Waals surface area contributed by atoms with Crippen LogP contribution in [-0.4, -0.2) is 10.9 Å². The largest absolute Gasteiger partial charge is 0.361 e. The molecule has 3 nitrogen and oxygen atoms in total. The van der Waals surface area contributed by atoms with E-state index in [1.54, 1.807) is 6.08 Å². The van der Waals surface area contributed by atoms with Crippen LogP contribution in [0.15, 0.2) is 46.5 Å². The number of ketones is 1. The number of hydrogen-bond donors (Lipinski definition) is 0. The van der Waals surface area contributed by atoms with E-state index in [0.29, 0.717) is 40.9 Å². The van der Waals surface area contributed by atoms with Gasteiger partial charge in [0.25, 0.3) is 0 Å². The molecule has 1 heterocycles. The normalized spacial score (nSPS) is 40.7. The van der Waals surface area contributed by atoms with Crippen molar-refractivity contribution >= 4 is 5.78 Å². The zero-order valence-corrected chi connectivity index (χ0v) is 19.0. The van der Waals surface area contributed by atoms with E-state index in [1.807, 2.05) is 6.08 Å². The van der Waals surface area contributed by atoms with Gasteiger partial charge in [-0.25, -0.2) is 0 Å². The minimum atomic E-state index is 0.00938. The van der Waals surface area contributed by atoms with E-state index in [9.17, 15) is 4.79 Å². The van der Waals surface area contributed by atoms with Crippen LogP contribution in [0.5, 0.6) is 0 Å². The molecule has 0 radical (unpaired) electrons. The predicted molar refractivity (Wildman–Crippen MR) is 119 cm³/mol. The number of aromatic nitrogens is 1. The van der Waals surface area contributed by atoms with Crippen LogP contribution in [0.2, 0.25) is 0 Å². The lowest BCUT2D eigenvalue weighted by atomic mass is 9.49. The molecule has 4 aliphatic rings. The first-order valence-corrected chi connectivity index (χ1v) is 11.8. The summed E-state index contributed by atoms with van der Waals surface area (Å²) in [5, 5.41) is 4.33. The second-order valence-electron chi connectivity index (χ2n) is 11.1. The molecule has 1 aromatic heterocycles. The Kier molecular flexibility index (Phi) is 4.54. The maximum Gasteiger partial charge on any atom is 0.178 e. The molecule has 160 valence electrons. The van der Waals surface area contributed by atoms with Crippen LogP contribution >= 0.6 is 0 Å². The fourth-order valence-electron chi connectivity index (χ4n) is 7.50. The highest BCUT2D eigenvalue weighted by molar-refractivity contribution is 6.01. The van der Waals surface area contributed by atoms with E-state index in [4.69, 9.17) is 4.52 Å². The molecule has 7 atom stereocenters. The maximum atomic E-state index is 11.9. The Balaban J connectivity index is 1.44. The third-order valence-electron chi connectivity index (χ3n) is 9.38. The molecule has 0 unspecified atom stereocenters. The van der Waals surface area contributed by atoms with Gasteiger partial charge in [0.2, 0.25) is 0 Å². The van der Waals surface area contributed by atoms with Crippen molar-refractivity contribution in [3.05, 3.63) is 53.5 Å². The van der Waals surface area contributed by atoms with Crippen molar-refractivity contribution < 1.29 is 9.32 Å². The van der Waals surface area contributed by atoms with Crippen LogP contribution in [-0.2, 0) is 4.79 Å². The SMILES string of the molecule is CC(C)c1cc([C@@H](C)[C@H]2CC[C@H]3[C@@H]4C=CC5=CC(=O)C=C[C@]5(C)[C@H]4CC[C@]23C)on1. The Morgan fingerprint density at radius 2 is 1.90 bits per heavy atom. The Hall–Kier alpha value is -1.90. The van der Waals surface area contributed by atoms with Crippen molar-refractivity contribution in [3.63, 3.8) is 0 Å². The number of carbonyl (C=O) groups excluding carboxylic acids is 1. The molecule has 0 aromatic carbocycles. The second kappa shape index (κ2) is 6.80. The van der Waals surface area contributed by atoms with E-state index in [0.717, 1.165) is 11.5 Å². The summed E-state index contributed by atoms with van der Waals surface area (Å²) >= 11 is 0. The maximum absolute atomic E-state index is 11.9. The third kappa shape index (κ3) is 2.77. The van der Waals surface area contributed by atoms with Gasteiger partial charge in [-0.05, 0) is 78.4 Å². The van der Waals surface area contributed by atoms with Gasteiger partial charge in [-0.1, -0.05) is 58.0 Å². The van der Waals surface area contributed by atoms with Gasteiger partial charge in [-0.2, -0.15) is 0 Å². The number of rotatable bonds is 3. The third-order valence-corrected chi connectivity index (χ3v) is 9.38. The van der Waals surface area contributed by atoms with Crippen molar-refractivity contribution in [1.82, 2.24) is 5.16 Å². The molecule has 2 fully saturated rings. The number of carbonyl (C=O) groups is 1. The molecule has 0 spiro atoms. The van der Waals surface area contributed by atoms with Gasteiger partial charge in [0.1, 0.15) is 5.76 Å². The summed E-state index contributed by atoms with van der Waals surface area (Å²) in [5.41, 5.74) is 2.63. The van der Waals surface area contributed by atoms with Crippen LogP contribution in [0.1, 0.15) is 83.6 Å². The van der Waals surface area contributed by atoms with Crippen molar-refractivity contribution in [2.45, 2.75) is 72.1 Å². The van der Waals surface area contributed by atoms with Gasteiger partial charge in [0.15, 0.2) is 5.78 Å². The molecule has 30 heavy (non-hydrogen) atoms. The van der Waals surface area contributed by atoms with E-state index < -0.39 is 0 Å². The van der Waals surface area contributed by atoms with Gasteiger partial charge in [0.05, 0.1) is 5.69 Å². The zero-order valence-electron chi connectivity index (χ0n) is 19.0. The molecular weight excluding hydrogens is 370 g/mol. The number of allylic oxidation sites excluding steroid dienone is 6. The molecule has 2 saturated carbocycles. The van der Waals surface area contributed by atoms with Crippen LogP contribution in [0, 0.1) is 34.5 Å². The molecule has 0 saturated heterocycles. The Morgan fingerprint density at radius 3 is 2.63 bits per heavy atom. The summed E-state index contributed by atoms with van der Waals surface area (Å²) in [4.78, 5) is 11.9. The standard InChI is InChI=1S/C27H35NO2/c1-16(2)24-15-25(30-28-24)17(3)21-8-9-22-20-7-6-18-14-19(29)10-12-26(18,4)23(20)11-13-27(21,22)5/h6-7,10,12,14-17,20-23H,8-9,11,13H2,1-5H3/t17-,20-,21+,22-,23-,26-,27+/m0/s1. The Labute approximate surface area is 180 Å². The lowest BCUT2D eigenvalue weighted by Crippen LogP contribution is -2.48. The second-order valence-corrected chi connectivity index (χ2v) is 11.1.